The molecule has 4 heteroatoms. The Kier molecular flexibility index (Phi) is 5.53. The van der Waals surface area contributed by atoms with Crippen LogP contribution in [0.2, 0.25) is 0 Å². The molecule has 2 aliphatic rings. The van der Waals surface area contributed by atoms with E-state index in [0.717, 1.165) is 42.7 Å². The molecule has 1 saturated carbocycles. The Morgan fingerprint density at radius 3 is 2.68 bits per heavy atom. The SMILES string of the molecule is O=C(CCc1cccc(Br)c1)N1CCC(NCC2CC2)CC1. The second-order valence-corrected chi connectivity index (χ2v) is 7.55. The fourth-order valence-corrected chi connectivity index (χ4v) is 3.54. The Hall–Kier alpha value is -0.870. The van der Waals surface area contributed by atoms with Gasteiger partial charge in [-0.25, -0.2) is 0 Å². The first-order chi connectivity index (χ1) is 10.7. The molecule has 1 aliphatic heterocycles. The lowest BCUT2D eigenvalue weighted by Crippen LogP contribution is -2.45. The van der Waals surface area contributed by atoms with Crippen LogP contribution in [0.5, 0.6) is 0 Å². The molecule has 1 aliphatic carbocycles. The molecule has 0 radical (unpaired) electrons. The first kappa shape index (κ1) is 16.0. The molecule has 1 saturated heterocycles. The molecule has 3 rings (SSSR count). The van der Waals surface area contributed by atoms with E-state index in [1.54, 1.807) is 0 Å². The average Bonchev–Trinajstić information content (AvgIpc) is 3.35. The van der Waals surface area contributed by atoms with E-state index in [1.807, 2.05) is 17.0 Å². The molecule has 2 fully saturated rings. The monoisotopic (exact) mass is 364 g/mol. The Morgan fingerprint density at radius 1 is 1.23 bits per heavy atom. The van der Waals surface area contributed by atoms with Crippen LogP contribution in [0.4, 0.5) is 0 Å². The van der Waals surface area contributed by atoms with Crippen LogP contribution in [-0.2, 0) is 11.2 Å². The van der Waals surface area contributed by atoms with E-state index < -0.39 is 0 Å². The molecule has 0 unspecified atom stereocenters. The number of piperidine rings is 1. The smallest absolute Gasteiger partial charge is 0.222 e. The number of likely N-dealkylation sites (tertiary alicyclic amines) is 1. The van der Waals surface area contributed by atoms with E-state index in [1.165, 1.54) is 24.9 Å². The highest BCUT2D eigenvalue weighted by Gasteiger charge is 2.25. The summed E-state index contributed by atoms with van der Waals surface area (Å²) in [4.78, 5) is 14.4. The molecule has 1 aromatic carbocycles. The fraction of sp³-hybridized carbons (Fsp3) is 0.611. The number of carbonyl (C=O) groups excluding carboxylic acids is 1. The van der Waals surface area contributed by atoms with Crippen molar-refractivity contribution in [2.45, 2.75) is 44.6 Å². The van der Waals surface area contributed by atoms with Gasteiger partial charge in [-0.05, 0) is 62.3 Å². The van der Waals surface area contributed by atoms with Crippen LogP contribution < -0.4 is 5.32 Å². The summed E-state index contributed by atoms with van der Waals surface area (Å²) in [6, 6.07) is 8.86. The predicted molar refractivity (Wildman–Crippen MR) is 92.8 cm³/mol. The van der Waals surface area contributed by atoms with Crippen molar-refractivity contribution in [3.8, 4) is 0 Å². The average molecular weight is 365 g/mol. The summed E-state index contributed by atoms with van der Waals surface area (Å²) in [6.45, 7) is 3.01. The summed E-state index contributed by atoms with van der Waals surface area (Å²) in [5.74, 6) is 1.24. The summed E-state index contributed by atoms with van der Waals surface area (Å²) in [5.41, 5.74) is 1.23. The maximum Gasteiger partial charge on any atom is 0.222 e. The van der Waals surface area contributed by atoms with Crippen molar-refractivity contribution in [3.05, 3.63) is 34.3 Å². The van der Waals surface area contributed by atoms with E-state index in [0.29, 0.717) is 18.4 Å². The molecule has 22 heavy (non-hydrogen) atoms. The van der Waals surface area contributed by atoms with Gasteiger partial charge >= 0.3 is 0 Å². The molecular weight excluding hydrogens is 340 g/mol. The van der Waals surface area contributed by atoms with Gasteiger partial charge in [0.2, 0.25) is 5.91 Å². The predicted octanol–water partition coefficient (Wildman–Crippen LogP) is 3.37. The third kappa shape index (κ3) is 4.82. The number of aryl methyl sites for hydroxylation is 1. The molecule has 0 atom stereocenters. The van der Waals surface area contributed by atoms with Crippen LogP contribution in [0.25, 0.3) is 0 Å². The summed E-state index contributed by atoms with van der Waals surface area (Å²) in [5, 5.41) is 3.66. The minimum atomic E-state index is 0.306. The van der Waals surface area contributed by atoms with Crippen LogP contribution in [0, 0.1) is 5.92 Å². The molecule has 1 aromatic rings. The van der Waals surface area contributed by atoms with Crippen molar-refractivity contribution in [2.24, 2.45) is 5.92 Å². The summed E-state index contributed by atoms with van der Waals surface area (Å²) in [6.07, 6.45) is 6.47. The Labute approximate surface area is 141 Å². The van der Waals surface area contributed by atoms with Gasteiger partial charge in [0.1, 0.15) is 0 Å². The standard InChI is InChI=1S/C18H25BrN2O/c19-16-3-1-2-14(12-16)6-7-18(22)21-10-8-17(9-11-21)20-13-15-4-5-15/h1-3,12,15,17,20H,4-11,13H2. The largest absolute Gasteiger partial charge is 0.343 e. The van der Waals surface area contributed by atoms with Crippen molar-refractivity contribution >= 4 is 21.8 Å². The van der Waals surface area contributed by atoms with Gasteiger partial charge < -0.3 is 10.2 Å². The van der Waals surface area contributed by atoms with Gasteiger partial charge in [-0.3, -0.25) is 4.79 Å². The third-order valence-corrected chi connectivity index (χ3v) is 5.25. The normalized spacial score (nSPS) is 19.4. The van der Waals surface area contributed by atoms with Crippen molar-refractivity contribution in [2.75, 3.05) is 19.6 Å². The Balaban J connectivity index is 1.37. The maximum atomic E-state index is 12.3. The van der Waals surface area contributed by atoms with Crippen molar-refractivity contribution in [1.29, 1.82) is 0 Å². The molecule has 0 spiro atoms. The van der Waals surface area contributed by atoms with Gasteiger partial charge in [0.05, 0.1) is 0 Å². The van der Waals surface area contributed by atoms with E-state index in [2.05, 4.69) is 33.4 Å². The molecule has 3 nitrogen and oxygen atoms in total. The molecule has 0 bridgehead atoms. The molecule has 1 heterocycles. The maximum absolute atomic E-state index is 12.3. The van der Waals surface area contributed by atoms with Crippen LogP contribution in [0.15, 0.2) is 28.7 Å². The van der Waals surface area contributed by atoms with Crippen LogP contribution in [0.3, 0.4) is 0 Å². The lowest BCUT2D eigenvalue weighted by Gasteiger charge is -2.32. The fourth-order valence-electron chi connectivity index (χ4n) is 3.09. The number of hydrogen-bond acceptors (Lipinski definition) is 2. The van der Waals surface area contributed by atoms with Gasteiger partial charge in [0, 0.05) is 30.0 Å². The van der Waals surface area contributed by atoms with E-state index in [4.69, 9.17) is 0 Å². The third-order valence-electron chi connectivity index (χ3n) is 4.76. The number of carbonyl (C=O) groups is 1. The number of nitrogens with one attached hydrogen (secondary N) is 1. The number of hydrogen-bond donors (Lipinski definition) is 1. The topological polar surface area (TPSA) is 32.3 Å². The first-order valence-electron chi connectivity index (χ1n) is 8.46. The zero-order valence-electron chi connectivity index (χ0n) is 13.1. The summed E-state index contributed by atoms with van der Waals surface area (Å²) < 4.78 is 1.08. The molecular formula is C18H25BrN2O. The van der Waals surface area contributed by atoms with Gasteiger partial charge in [-0.1, -0.05) is 28.1 Å². The Bertz CT molecular complexity index is 508. The van der Waals surface area contributed by atoms with Crippen LogP contribution >= 0.6 is 15.9 Å². The van der Waals surface area contributed by atoms with Crippen molar-refractivity contribution in [3.63, 3.8) is 0 Å². The minimum Gasteiger partial charge on any atom is -0.343 e. The number of halogens is 1. The number of amides is 1. The van der Waals surface area contributed by atoms with Crippen molar-refractivity contribution in [1.82, 2.24) is 10.2 Å². The molecule has 0 aromatic heterocycles. The van der Waals surface area contributed by atoms with Gasteiger partial charge in [0.25, 0.3) is 0 Å². The minimum absolute atomic E-state index is 0.306. The highest BCUT2D eigenvalue weighted by atomic mass is 79.9. The highest BCUT2D eigenvalue weighted by Crippen LogP contribution is 2.28. The van der Waals surface area contributed by atoms with E-state index in [-0.39, 0.29) is 0 Å². The van der Waals surface area contributed by atoms with Gasteiger partial charge in [0.15, 0.2) is 0 Å². The second kappa shape index (κ2) is 7.60. The lowest BCUT2D eigenvalue weighted by molar-refractivity contribution is -0.132. The first-order valence-corrected chi connectivity index (χ1v) is 9.25. The van der Waals surface area contributed by atoms with Gasteiger partial charge in [-0.15, -0.1) is 0 Å². The molecule has 1 N–H and O–H groups in total. The molecule has 1 amide bonds. The van der Waals surface area contributed by atoms with Crippen molar-refractivity contribution < 1.29 is 4.79 Å². The summed E-state index contributed by atoms with van der Waals surface area (Å²) in [7, 11) is 0. The number of nitrogens with zero attached hydrogens (tertiary/aromatic N) is 1. The van der Waals surface area contributed by atoms with E-state index in [9.17, 15) is 4.79 Å². The lowest BCUT2D eigenvalue weighted by atomic mass is 10.0. The Morgan fingerprint density at radius 2 is 2.00 bits per heavy atom. The van der Waals surface area contributed by atoms with Gasteiger partial charge in [-0.2, -0.15) is 0 Å². The van der Waals surface area contributed by atoms with Crippen LogP contribution in [0.1, 0.15) is 37.7 Å². The summed E-state index contributed by atoms with van der Waals surface area (Å²) >= 11 is 3.48. The second-order valence-electron chi connectivity index (χ2n) is 6.64. The quantitative estimate of drug-likeness (QED) is 0.838. The zero-order chi connectivity index (χ0) is 15.4. The number of benzene rings is 1. The highest BCUT2D eigenvalue weighted by molar-refractivity contribution is 9.10. The van der Waals surface area contributed by atoms with E-state index >= 15 is 0 Å². The number of rotatable bonds is 6. The zero-order valence-corrected chi connectivity index (χ0v) is 14.6. The van der Waals surface area contributed by atoms with Crippen LogP contribution in [-0.4, -0.2) is 36.5 Å². The molecule has 120 valence electrons.